The zero-order valence-corrected chi connectivity index (χ0v) is 12.4. The number of hydrogen-bond acceptors (Lipinski definition) is 2. The Labute approximate surface area is 132 Å². The molecule has 0 unspecified atom stereocenters. The normalized spacial score (nSPS) is 11.1. The lowest BCUT2D eigenvalue weighted by molar-refractivity contribution is 0.475. The van der Waals surface area contributed by atoms with Gasteiger partial charge in [0, 0.05) is 21.4 Å². The largest absolute Gasteiger partial charge is 0.508 e. The van der Waals surface area contributed by atoms with Gasteiger partial charge in [-0.25, -0.2) is 4.98 Å². The van der Waals surface area contributed by atoms with Crippen molar-refractivity contribution in [3.05, 3.63) is 71.8 Å². The molecule has 0 atom stereocenters. The van der Waals surface area contributed by atoms with Gasteiger partial charge in [0.1, 0.15) is 5.75 Å². The molecule has 2 nitrogen and oxygen atoms in total. The van der Waals surface area contributed by atoms with Gasteiger partial charge in [0.05, 0.1) is 11.0 Å². The fourth-order valence-corrected chi connectivity index (χ4v) is 2.97. The fourth-order valence-electron chi connectivity index (χ4n) is 2.81. The van der Waals surface area contributed by atoms with Crippen molar-refractivity contribution in [3.63, 3.8) is 0 Å². The molecule has 0 bridgehead atoms. The number of phenolic OH excluding ortho intramolecular Hbond substituents is 1. The summed E-state index contributed by atoms with van der Waals surface area (Å²) in [6.07, 6.45) is 0. The van der Waals surface area contributed by atoms with Crippen LogP contribution in [0.25, 0.3) is 32.9 Å². The third-order valence-corrected chi connectivity index (χ3v) is 4.03. The van der Waals surface area contributed by atoms with Gasteiger partial charge in [0.15, 0.2) is 0 Å². The second-order valence-corrected chi connectivity index (χ2v) is 5.65. The zero-order chi connectivity index (χ0) is 15.1. The van der Waals surface area contributed by atoms with E-state index >= 15 is 0 Å². The van der Waals surface area contributed by atoms with E-state index in [1.807, 2.05) is 48.5 Å². The van der Waals surface area contributed by atoms with Crippen molar-refractivity contribution in [1.82, 2.24) is 4.98 Å². The molecule has 0 spiro atoms. The summed E-state index contributed by atoms with van der Waals surface area (Å²) in [5.74, 6) is 0.259. The molecule has 3 aromatic carbocycles. The van der Waals surface area contributed by atoms with E-state index < -0.39 is 0 Å². The summed E-state index contributed by atoms with van der Waals surface area (Å²) in [5, 5.41) is 12.3. The van der Waals surface area contributed by atoms with Gasteiger partial charge in [-0.3, -0.25) is 0 Å². The highest BCUT2D eigenvalue weighted by Crippen LogP contribution is 2.36. The van der Waals surface area contributed by atoms with Crippen molar-refractivity contribution in [2.75, 3.05) is 0 Å². The predicted molar refractivity (Wildman–Crippen MR) is 91.4 cm³/mol. The zero-order valence-electron chi connectivity index (χ0n) is 11.6. The number of phenols is 1. The van der Waals surface area contributed by atoms with Gasteiger partial charge < -0.3 is 5.11 Å². The van der Waals surface area contributed by atoms with Crippen LogP contribution in [0.15, 0.2) is 66.7 Å². The lowest BCUT2D eigenvalue weighted by Gasteiger charge is -2.11. The van der Waals surface area contributed by atoms with Crippen molar-refractivity contribution in [2.45, 2.75) is 0 Å². The first-order chi connectivity index (χ1) is 10.7. The minimum atomic E-state index is 0.259. The first-order valence-corrected chi connectivity index (χ1v) is 7.37. The quantitative estimate of drug-likeness (QED) is 0.477. The van der Waals surface area contributed by atoms with Crippen molar-refractivity contribution in [3.8, 4) is 16.9 Å². The number of nitrogens with zero attached hydrogens (tertiary/aromatic N) is 1. The van der Waals surface area contributed by atoms with Crippen LogP contribution in [0.1, 0.15) is 0 Å². The van der Waals surface area contributed by atoms with Crippen molar-refractivity contribution >= 4 is 33.4 Å². The second-order valence-electron chi connectivity index (χ2n) is 5.21. The molecule has 1 N–H and O–H groups in total. The van der Waals surface area contributed by atoms with Gasteiger partial charge in [0.2, 0.25) is 0 Å². The number of para-hydroxylation sites is 1. The van der Waals surface area contributed by atoms with Crippen molar-refractivity contribution < 1.29 is 5.11 Å². The highest BCUT2D eigenvalue weighted by atomic mass is 35.5. The molecule has 0 amide bonds. The SMILES string of the molecule is Oc1ccc(-c2c3ccccc3nc3cc(Cl)ccc23)cc1. The van der Waals surface area contributed by atoms with Crippen LogP contribution in [0.4, 0.5) is 0 Å². The molecule has 0 aliphatic rings. The Balaban J connectivity index is 2.18. The summed E-state index contributed by atoms with van der Waals surface area (Å²) in [6.45, 7) is 0. The Kier molecular flexibility index (Phi) is 2.98. The van der Waals surface area contributed by atoms with Gasteiger partial charge in [-0.05, 0) is 35.9 Å². The average molecular weight is 306 g/mol. The Morgan fingerprint density at radius 2 is 1.50 bits per heavy atom. The number of benzene rings is 3. The third kappa shape index (κ3) is 2.09. The van der Waals surface area contributed by atoms with E-state index in [4.69, 9.17) is 16.6 Å². The highest BCUT2D eigenvalue weighted by Gasteiger charge is 2.11. The van der Waals surface area contributed by atoms with E-state index in [1.54, 1.807) is 12.1 Å². The molecular formula is C19H12ClNO. The van der Waals surface area contributed by atoms with Crippen LogP contribution in [-0.4, -0.2) is 10.1 Å². The topological polar surface area (TPSA) is 33.1 Å². The summed E-state index contributed by atoms with van der Waals surface area (Å²) in [7, 11) is 0. The maximum atomic E-state index is 9.54. The maximum absolute atomic E-state index is 9.54. The number of pyridine rings is 1. The van der Waals surface area contributed by atoms with E-state index in [9.17, 15) is 5.11 Å². The molecular weight excluding hydrogens is 294 g/mol. The first kappa shape index (κ1) is 13.1. The second kappa shape index (κ2) is 5.00. The minimum Gasteiger partial charge on any atom is -0.508 e. The Hall–Kier alpha value is -2.58. The lowest BCUT2D eigenvalue weighted by Crippen LogP contribution is -1.89. The van der Waals surface area contributed by atoms with E-state index in [2.05, 4.69) is 6.07 Å². The summed E-state index contributed by atoms with van der Waals surface area (Å²) >= 11 is 6.12. The van der Waals surface area contributed by atoms with Gasteiger partial charge in [-0.1, -0.05) is 48.0 Å². The third-order valence-electron chi connectivity index (χ3n) is 3.80. The molecule has 22 heavy (non-hydrogen) atoms. The molecule has 0 aliphatic carbocycles. The average Bonchev–Trinajstić information content (AvgIpc) is 2.53. The molecule has 0 saturated heterocycles. The molecule has 4 aromatic rings. The molecule has 3 heteroatoms. The van der Waals surface area contributed by atoms with Crippen LogP contribution in [0.2, 0.25) is 5.02 Å². The molecule has 0 saturated carbocycles. The van der Waals surface area contributed by atoms with Gasteiger partial charge >= 0.3 is 0 Å². The highest BCUT2D eigenvalue weighted by molar-refractivity contribution is 6.31. The number of hydrogen-bond donors (Lipinski definition) is 1. The Bertz CT molecular complexity index is 993. The molecule has 1 heterocycles. The van der Waals surface area contributed by atoms with Crippen LogP contribution in [0.5, 0.6) is 5.75 Å². The molecule has 0 radical (unpaired) electrons. The standard InChI is InChI=1S/C19H12ClNO/c20-13-7-10-16-18(11-13)21-17-4-2-1-3-15(17)19(16)12-5-8-14(22)9-6-12/h1-11,22H. The van der Waals surface area contributed by atoms with E-state index in [-0.39, 0.29) is 5.75 Å². The molecule has 0 fully saturated rings. The molecule has 0 aliphatic heterocycles. The van der Waals surface area contributed by atoms with E-state index in [0.717, 1.165) is 32.9 Å². The summed E-state index contributed by atoms with van der Waals surface area (Å²) in [6, 6.07) is 21.1. The summed E-state index contributed by atoms with van der Waals surface area (Å²) in [4.78, 5) is 4.71. The number of aromatic hydroxyl groups is 1. The lowest BCUT2D eigenvalue weighted by atomic mass is 9.96. The summed E-state index contributed by atoms with van der Waals surface area (Å²) in [5.41, 5.74) is 3.95. The fraction of sp³-hybridized carbons (Fsp3) is 0. The van der Waals surface area contributed by atoms with Gasteiger partial charge in [-0.2, -0.15) is 0 Å². The maximum Gasteiger partial charge on any atom is 0.115 e. The van der Waals surface area contributed by atoms with Crippen molar-refractivity contribution in [1.29, 1.82) is 0 Å². The van der Waals surface area contributed by atoms with Crippen molar-refractivity contribution in [2.24, 2.45) is 0 Å². The minimum absolute atomic E-state index is 0.259. The monoisotopic (exact) mass is 305 g/mol. The van der Waals surface area contributed by atoms with Gasteiger partial charge in [0.25, 0.3) is 0 Å². The smallest absolute Gasteiger partial charge is 0.115 e. The van der Waals surface area contributed by atoms with Crippen LogP contribution in [0, 0.1) is 0 Å². The van der Waals surface area contributed by atoms with Crippen LogP contribution in [-0.2, 0) is 0 Å². The molecule has 1 aromatic heterocycles. The van der Waals surface area contributed by atoms with Gasteiger partial charge in [-0.15, -0.1) is 0 Å². The predicted octanol–water partition coefficient (Wildman–Crippen LogP) is 5.41. The summed E-state index contributed by atoms with van der Waals surface area (Å²) < 4.78 is 0. The Morgan fingerprint density at radius 3 is 2.32 bits per heavy atom. The number of halogens is 1. The van der Waals surface area contributed by atoms with E-state index in [0.29, 0.717) is 5.02 Å². The number of fused-ring (bicyclic) bond motifs is 2. The number of rotatable bonds is 1. The van der Waals surface area contributed by atoms with Crippen LogP contribution in [0.3, 0.4) is 0 Å². The molecule has 106 valence electrons. The Morgan fingerprint density at radius 1 is 0.773 bits per heavy atom. The van der Waals surface area contributed by atoms with Crippen LogP contribution >= 0.6 is 11.6 Å². The molecule has 4 rings (SSSR count). The number of aromatic nitrogens is 1. The van der Waals surface area contributed by atoms with E-state index in [1.165, 1.54) is 0 Å². The van der Waals surface area contributed by atoms with Crippen LogP contribution < -0.4 is 0 Å². The first-order valence-electron chi connectivity index (χ1n) is 7.00.